The molecule has 0 aliphatic rings. The van der Waals surface area contributed by atoms with Crippen molar-refractivity contribution in [2.75, 3.05) is 0 Å². The van der Waals surface area contributed by atoms with Crippen LogP contribution in [0.2, 0.25) is 0 Å². The number of hydrogen-bond donors (Lipinski definition) is 0. The van der Waals surface area contributed by atoms with Gasteiger partial charge in [0.05, 0.1) is 0 Å². The molecule has 10 heteroatoms. The fourth-order valence-electron chi connectivity index (χ4n) is 0. The summed E-state index contributed by atoms with van der Waals surface area (Å²) in [6.07, 6.45) is 0. The quantitative estimate of drug-likeness (QED) is 0.401. The third kappa shape index (κ3) is 689. The van der Waals surface area contributed by atoms with Crippen LogP contribution >= 0.6 is 0 Å². The van der Waals surface area contributed by atoms with E-state index < -0.39 is 0 Å². The molecular formula is C6H9FeK3N6. The Morgan fingerprint density at radius 1 is 0.375 bits per heavy atom. The van der Waals surface area contributed by atoms with Gasteiger partial charge in [0, 0.05) is 56.5 Å². The van der Waals surface area contributed by atoms with E-state index in [1.165, 1.54) is 0 Å². The Balaban J connectivity index is -0.00000000193. The number of nitrogens with zero attached hydrogens (tertiary/aromatic N) is 6. The zero-order valence-electron chi connectivity index (χ0n) is 12.5. The molecule has 0 aliphatic carbocycles. The largest absolute Gasteiger partial charge is 1.00 e. The van der Waals surface area contributed by atoms with E-state index in [0.29, 0.717) is 0 Å². The van der Waals surface area contributed by atoms with E-state index in [1.807, 2.05) is 0 Å². The molecule has 0 aromatic heterocycles. The molecule has 16 heavy (non-hydrogen) atoms. The molecule has 0 N–H and O–H groups in total. The normalized spacial score (nSPS) is 0.750. The summed E-state index contributed by atoms with van der Waals surface area (Å²) in [6.45, 7) is 21.0. The molecule has 0 heterocycles. The fraction of sp³-hybridized carbons (Fsp3) is 0. The van der Waals surface area contributed by atoms with Crippen molar-refractivity contribution in [3.63, 3.8) is 0 Å². The van der Waals surface area contributed by atoms with E-state index in [1.54, 1.807) is 0 Å². The molecular weight excluding hydrogens is 329 g/mol. The minimum Gasteiger partial charge on any atom is -1.00 e. The Morgan fingerprint density at radius 2 is 0.375 bits per heavy atom. The molecule has 0 fully saturated rings. The van der Waals surface area contributed by atoms with Crippen molar-refractivity contribution in [3.8, 4) is 39.4 Å². The maximum atomic E-state index is 6.50. The van der Waals surface area contributed by atoms with Crippen LogP contribution in [0.4, 0.5) is 0 Å². The van der Waals surface area contributed by atoms with Crippen LogP contribution in [0, 0.1) is 71.0 Å². The van der Waals surface area contributed by atoms with Crippen LogP contribution in [0.5, 0.6) is 0 Å². The Kier molecular flexibility index (Phi) is 4100. The van der Waals surface area contributed by atoms with Gasteiger partial charge in [0.25, 0.3) is 0 Å². The first-order valence-electron chi connectivity index (χ1n) is 1.55. The van der Waals surface area contributed by atoms with Gasteiger partial charge in [0.1, 0.15) is 0 Å². The second-order valence-corrected chi connectivity index (χ2v) is 0. The summed E-state index contributed by atoms with van der Waals surface area (Å²) in [5, 5.41) is 39.0. The first-order chi connectivity index (χ1) is 6.00. The molecule has 0 saturated carbocycles. The topological polar surface area (TPSA) is 143 Å². The monoisotopic (exact) mass is 338 g/mol. The average molecular weight is 338 g/mol. The summed E-state index contributed by atoms with van der Waals surface area (Å²) in [5.74, 6) is 0. The second kappa shape index (κ2) is 829. The maximum Gasteiger partial charge on any atom is 1.00 e. The summed E-state index contributed by atoms with van der Waals surface area (Å²) >= 11 is 0. The minimum atomic E-state index is 0. The van der Waals surface area contributed by atoms with Gasteiger partial charge in [-0.05, 0) is 0 Å². The molecule has 0 saturated heterocycles. The van der Waals surface area contributed by atoms with E-state index >= 15 is 0 Å². The van der Waals surface area contributed by atoms with Crippen molar-refractivity contribution in [2.45, 2.75) is 0 Å². The van der Waals surface area contributed by atoms with Gasteiger partial charge in [-0.15, -0.1) is 0 Å². The Morgan fingerprint density at radius 3 is 0.375 bits per heavy atom. The molecule has 0 spiro atoms. The zero-order valence-corrected chi connectivity index (χ0v) is 20.0. The van der Waals surface area contributed by atoms with Crippen LogP contribution in [0.25, 0.3) is 0 Å². The summed E-state index contributed by atoms with van der Waals surface area (Å²) in [4.78, 5) is 0. The van der Waals surface area contributed by atoms with Crippen molar-refractivity contribution in [3.05, 3.63) is 0 Å². The van der Waals surface area contributed by atoms with E-state index in [9.17, 15) is 0 Å². The second-order valence-electron chi connectivity index (χ2n) is 0. The van der Waals surface area contributed by atoms with Gasteiger partial charge in [-0.25, -0.2) is 31.6 Å². The fourth-order valence-corrected chi connectivity index (χ4v) is 0. The number of nitriles is 6. The molecule has 74 valence electrons. The van der Waals surface area contributed by atoms with Crippen LogP contribution in [-0.2, 0) is 17.1 Å². The number of hydrogen-bond acceptors (Lipinski definition) is 6. The van der Waals surface area contributed by atoms with Gasteiger partial charge in [0.2, 0.25) is 0 Å². The smallest absolute Gasteiger partial charge is 1.00 e. The molecule has 0 bridgehead atoms. The summed E-state index contributed by atoms with van der Waals surface area (Å²) in [5.41, 5.74) is 0. The summed E-state index contributed by atoms with van der Waals surface area (Å²) in [6, 6.07) is 0. The third-order valence-corrected chi connectivity index (χ3v) is 0. The standard InChI is InChI=1S/6CHN.Fe.3K.3H/c6*1-2;;;;;;;/h6*1H;;;;;;;/q;;;;;;;3*+1;3*-1. The first kappa shape index (κ1) is 79.1. The van der Waals surface area contributed by atoms with Crippen LogP contribution < -0.4 is 154 Å². The Bertz CT molecular complexity index is 115. The SMILES string of the molecule is C#N.C#N.C#N.C#N.C#N.C#N.[Fe].[H-].[H-].[H-].[K+].[K+].[K+]. The zero-order chi connectivity index (χ0) is 12.0. The van der Waals surface area contributed by atoms with Crippen molar-refractivity contribution < 1.29 is 176 Å². The molecule has 0 atom stereocenters. The van der Waals surface area contributed by atoms with Crippen molar-refractivity contribution in [2.24, 2.45) is 0 Å². The molecule has 0 amide bonds. The van der Waals surface area contributed by atoms with Crippen molar-refractivity contribution in [1.82, 2.24) is 0 Å². The summed E-state index contributed by atoms with van der Waals surface area (Å²) < 4.78 is 0. The van der Waals surface area contributed by atoms with Gasteiger partial charge >= 0.3 is 154 Å². The molecule has 0 aromatic rings. The molecule has 0 aromatic carbocycles. The Hall–Kier alpha value is 2.37. The van der Waals surface area contributed by atoms with Crippen LogP contribution in [0.1, 0.15) is 4.28 Å². The van der Waals surface area contributed by atoms with Gasteiger partial charge in [-0.2, -0.15) is 0 Å². The van der Waals surface area contributed by atoms with Gasteiger partial charge in [-0.1, -0.05) is 0 Å². The summed E-state index contributed by atoms with van der Waals surface area (Å²) in [7, 11) is 0. The third-order valence-electron chi connectivity index (χ3n) is 0. The molecule has 0 rings (SSSR count). The van der Waals surface area contributed by atoms with Crippen molar-refractivity contribution in [1.29, 1.82) is 31.6 Å². The Labute approximate surface area is 240 Å². The molecule has 6 nitrogen and oxygen atoms in total. The van der Waals surface area contributed by atoms with Gasteiger partial charge in [0.15, 0.2) is 0 Å². The van der Waals surface area contributed by atoms with Crippen molar-refractivity contribution >= 4 is 0 Å². The van der Waals surface area contributed by atoms with Gasteiger partial charge < -0.3 is 4.28 Å². The van der Waals surface area contributed by atoms with Crippen LogP contribution in [0.3, 0.4) is 0 Å². The van der Waals surface area contributed by atoms with Crippen LogP contribution in [-0.4, -0.2) is 0 Å². The van der Waals surface area contributed by atoms with E-state index in [2.05, 4.69) is 39.4 Å². The molecule has 0 radical (unpaired) electrons. The predicted octanol–water partition coefficient (Wildman–Crippen LogP) is -7.81. The van der Waals surface area contributed by atoms with Crippen LogP contribution in [0.15, 0.2) is 0 Å². The van der Waals surface area contributed by atoms with E-state index in [4.69, 9.17) is 31.6 Å². The number of rotatable bonds is 0. The minimum absolute atomic E-state index is 0. The predicted molar refractivity (Wildman–Crippen MR) is 43.4 cm³/mol. The van der Waals surface area contributed by atoms with E-state index in [0.717, 1.165) is 0 Å². The van der Waals surface area contributed by atoms with Gasteiger partial charge in [-0.3, -0.25) is 0 Å². The van der Waals surface area contributed by atoms with E-state index in [-0.39, 0.29) is 176 Å². The molecule has 0 aliphatic heterocycles. The average Bonchev–Trinajstić information content (AvgIpc) is 2.33. The molecule has 0 unspecified atom stereocenters. The first-order valence-corrected chi connectivity index (χ1v) is 1.55. The maximum absolute atomic E-state index is 6.50.